The fourth-order valence-corrected chi connectivity index (χ4v) is 3.02. The van der Waals surface area contributed by atoms with Gasteiger partial charge in [0.25, 0.3) is 0 Å². The van der Waals surface area contributed by atoms with Gasteiger partial charge in [0.2, 0.25) is 0 Å². The summed E-state index contributed by atoms with van der Waals surface area (Å²) >= 11 is 0. The summed E-state index contributed by atoms with van der Waals surface area (Å²) in [6, 6.07) is 0. The lowest BCUT2D eigenvalue weighted by Crippen LogP contribution is -2.47. The molecule has 1 aliphatic carbocycles. The molecule has 4 nitrogen and oxygen atoms in total. The predicted molar refractivity (Wildman–Crippen MR) is 99.4 cm³/mol. The third-order valence-electron chi connectivity index (χ3n) is 4.31. The van der Waals surface area contributed by atoms with Crippen LogP contribution < -0.4 is 10.6 Å². The molecule has 1 saturated carbocycles. The van der Waals surface area contributed by atoms with E-state index in [1.165, 1.54) is 25.7 Å². The van der Waals surface area contributed by atoms with Crippen molar-refractivity contribution in [3.05, 3.63) is 0 Å². The third kappa shape index (κ3) is 6.30. The third-order valence-corrected chi connectivity index (χ3v) is 4.31. The average Bonchev–Trinajstić information content (AvgIpc) is 3.22. The van der Waals surface area contributed by atoms with Crippen LogP contribution in [0.15, 0.2) is 4.99 Å². The lowest BCUT2D eigenvalue weighted by Gasteiger charge is -2.40. The topological polar surface area (TPSA) is 45.7 Å². The zero-order valence-corrected chi connectivity index (χ0v) is 16.3. The van der Waals surface area contributed by atoms with Gasteiger partial charge in [-0.3, -0.25) is 4.99 Å². The summed E-state index contributed by atoms with van der Waals surface area (Å²) < 4.78 is 6.03. The van der Waals surface area contributed by atoms with Crippen molar-refractivity contribution in [1.29, 1.82) is 0 Å². The van der Waals surface area contributed by atoms with Crippen LogP contribution >= 0.6 is 24.0 Å². The van der Waals surface area contributed by atoms with E-state index in [2.05, 4.69) is 36.4 Å². The molecule has 21 heavy (non-hydrogen) atoms. The second kappa shape index (κ2) is 8.56. The molecular weight excluding hydrogens is 377 g/mol. The first-order valence-electron chi connectivity index (χ1n) is 8.07. The first kappa shape index (κ1) is 19.0. The molecule has 2 aliphatic rings. The van der Waals surface area contributed by atoms with Gasteiger partial charge in [0.1, 0.15) is 0 Å². The molecule has 2 N–H and O–H groups in total. The minimum atomic E-state index is 0. The first-order valence-corrected chi connectivity index (χ1v) is 8.07. The summed E-state index contributed by atoms with van der Waals surface area (Å²) in [5, 5.41) is 6.91. The zero-order valence-electron chi connectivity index (χ0n) is 13.9. The number of rotatable bonds is 4. The van der Waals surface area contributed by atoms with Gasteiger partial charge in [0.15, 0.2) is 5.96 Å². The Hall–Kier alpha value is -0.0400. The van der Waals surface area contributed by atoms with Gasteiger partial charge in [-0.15, -0.1) is 24.0 Å². The molecule has 0 bridgehead atoms. The van der Waals surface area contributed by atoms with Crippen LogP contribution in [0.1, 0.15) is 46.5 Å². The minimum absolute atomic E-state index is 0. The van der Waals surface area contributed by atoms with E-state index in [9.17, 15) is 0 Å². The van der Waals surface area contributed by atoms with Crippen molar-refractivity contribution in [3.8, 4) is 0 Å². The number of halogens is 1. The Labute approximate surface area is 146 Å². The molecule has 1 aliphatic heterocycles. The van der Waals surface area contributed by atoms with Crippen molar-refractivity contribution in [2.24, 2.45) is 22.2 Å². The molecule has 124 valence electrons. The van der Waals surface area contributed by atoms with Gasteiger partial charge in [-0.2, -0.15) is 0 Å². The standard InChI is InChI=1S/C16H31N3O.HI/c1-16(2,3)14-13(6-5-9-20-14)11-19-15(17-4)18-10-12-7-8-12;/h12-14H,5-11H2,1-4H3,(H2,17,18,19);1H. The Morgan fingerprint density at radius 3 is 2.38 bits per heavy atom. The fraction of sp³-hybridized carbons (Fsp3) is 0.938. The molecule has 5 heteroatoms. The van der Waals surface area contributed by atoms with Gasteiger partial charge in [-0.1, -0.05) is 20.8 Å². The van der Waals surface area contributed by atoms with Gasteiger partial charge < -0.3 is 15.4 Å². The van der Waals surface area contributed by atoms with E-state index < -0.39 is 0 Å². The van der Waals surface area contributed by atoms with E-state index in [4.69, 9.17) is 4.74 Å². The number of hydrogen-bond donors (Lipinski definition) is 2. The molecule has 0 aromatic rings. The van der Waals surface area contributed by atoms with Crippen molar-refractivity contribution in [2.45, 2.75) is 52.6 Å². The number of guanidine groups is 1. The lowest BCUT2D eigenvalue weighted by atomic mass is 9.78. The van der Waals surface area contributed by atoms with E-state index >= 15 is 0 Å². The maximum atomic E-state index is 6.03. The molecule has 1 heterocycles. The van der Waals surface area contributed by atoms with Crippen LogP contribution in [-0.4, -0.2) is 38.8 Å². The van der Waals surface area contributed by atoms with Crippen LogP contribution in [0.25, 0.3) is 0 Å². The van der Waals surface area contributed by atoms with E-state index in [-0.39, 0.29) is 29.4 Å². The summed E-state index contributed by atoms with van der Waals surface area (Å²) in [6.07, 6.45) is 5.49. The molecule has 0 spiro atoms. The van der Waals surface area contributed by atoms with Gasteiger partial charge >= 0.3 is 0 Å². The molecule has 2 atom stereocenters. The van der Waals surface area contributed by atoms with Crippen LogP contribution in [0.4, 0.5) is 0 Å². The largest absolute Gasteiger partial charge is 0.377 e. The quantitative estimate of drug-likeness (QED) is 0.426. The van der Waals surface area contributed by atoms with Crippen molar-refractivity contribution in [1.82, 2.24) is 10.6 Å². The summed E-state index contributed by atoms with van der Waals surface area (Å²) in [5.74, 6) is 2.38. The Bertz CT molecular complexity index is 337. The van der Waals surface area contributed by atoms with Crippen LogP contribution in [-0.2, 0) is 4.74 Å². The molecule has 0 aromatic heterocycles. The van der Waals surface area contributed by atoms with E-state index in [0.717, 1.165) is 31.6 Å². The number of nitrogens with one attached hydrogen (secondary N) is 2. The van der Waals surface area contributed by atoms with Crippen LogP contribution in [0.5, 0.6) is 0 Å². The summed E-state index contributed by atoms with van der Waals surface area (Å²) in [4.78, 5) is 4.31. The molecule has 2 unspecified atom stereocenters. The molecule has 0 aromatic carbocycles. The van der Waals surface area contributed by atoms with Gasteiger partial charge in [0.05, 0.1) is 6.10 Å². The van der Waals surface area contributed by atoms with Crippen LogP contribution in [0.2, 0.25) is 0 Å². The molecule has 0 radical (unpaired) electrons. The van der Waals surface area contributed by atoms with E-state index in [1.807, 2.05) is 7.05 Å². The SMILES string of the molecule is CN=C(NCC1CC1)NCC1CCCOC1C(C)(C)C.I. The first-order chi connectivity index (χ1) is 9.50. The van der Waals surface area contributed by atoms with Gasteiger partial charge in [-0.25, -0.2) is 0 Å². The molecule has 2 fully saturated rings. The number of nitrogens with zero attached hydrogens (tertiary/aromatic N) is 1. The monoisotopic (exact) mass is 409 g/mol. The second-order valence-electron chi connectivity index (χ2n) is 7.34. The summed E-state index contributed by atoms with van der Waals surface area (Å²) in [7, 11) is 1.85. The minimum Gasteiger partial charge on any atom is -0.377 e. The van der Waals surface area contributed by atoms with E-state index in [1.54, 1.807) is 0 Å². The average molecular weight is 409 g/mol. The number of hydrogen-bond acceptors (Lipinski definition) is 2. The Morgan fingerprint density at radius 2 is 1.81 bits per heavy atom. The normalized spacial score (nSPS) is 27.0. The zero-order chi connectivity index (χ0) is 14.6. The van der Waals surface area contributed by atoms with Crippen molar-refractivity contribution in [3.63, 3.8) is 0 Å². The van der Waals surface area contributed by atoms with E-state index in [0.29, 0.717) is 12.0 Å². The van der Waals surface area contributed by atoms with Crippen molar-refractivity contribution in [2.75, 3.05) is 26.7 Å². The number of aliphatic imine (C=N–C) groups is 1. The summed E-state index contributed by atoms with van der Waals surface area (Å²) in [6.45, 7) is 9.74. The molecular formula is C16H32IN3O. The van der Waals surface area contributed by atoms with Crippen molar-refractivity contribution >= 4 is 29.9 Å². The predicted octanol–water partition coefficient (Wildman–Crippen LogP) is 3.02. The highest BCUT2D eigenvalue weighted by atomic mass is 127. The smallest absolute Gasteiger partial charge is 0.190 e. The number of ether oxygens (including phenoxy) is 1. The Balaban J connectivity index is 0.00000220. The van der Waals surface area contributed by atoms with Crippen LogP contribution in [0, 0.1) is 17.3 Å². The molecule has 2 rings (SSSR count). The molecule has 0 amide bonds. The Morgan fingerprint density at radius 1 is 1.14 bits per heavy atom. The fourth-order valence-electron chi connectivity index (χ4n) is 3.02. The lowest BCUT2D eigenvalue weighted by molar-refractivity contribution is -0.0835. The van der Waals surface area contributed by atoms with Gasteiger partial charge in [-0.05, 0) is 37.0 Å². The highest BCUT2D eigenvalue weighted by Gasteiger charge is 2.35. The summed E-state index contributed by atoms with van der Waals surface area (Å²) in [5.41, 5.74) is 0.206. The second-order valence-corrected chi connectivity index (χ2v) is 7.34. The highest BCUT2D eigenvalue weighted by Crippen LogP contribution is 2.33. The highest BCUT2D eigenvalue weighted by molar-refractivity contribution is 14.0. The maximum Gasteiger partial charge on any atom is 0.190 e. The maximum absolute atomic E-state index is 6.03. The van der Waals surface area contributed by atoms with Crippen LogP contribution in [0.3, 0.4) is 0 Å². The van der Waals surface area contributed by atoms with Gasteiger partial charge in [0, 0.05) is 32.7 Å². The molecule has 1 saturated heterocycles. The van der Waals surface area contributed by atoms with Crippen molar-refractivity contribution < 1.29 is 4.74 Å². The Kier molecular flexibility index (Phi) is 7.74.